The van der Waals surface area contributed by atoms with Crippen LogP contribution in [0.15, 0.2) is 11.8 Å². The topological polar surface area (TPSA) is 186 Å². The van der Waals surface area contributed by atoms with Crippen LogP contribution in [0.4, 0.5) is 4.79 Å². The average molecular weight is 402 g/mol. The Labute approximate surface area is 161 Å². The van der Waals surface area contributed by atoms with Crippen molar-refractivity contribution in [3.05, 3.63) is 11.8 Å². The summed E-state index contributed by atoms with van der Waals surface area (Å²) in [5, 5.41) is 40.3. The van der Waals surface area contributed by atoms with Gasteiger partial charge in [0.1, 0.15) is 18.5 Å². The molecule has 2 aliphatic rings. The molecule has 12 nitrogen and oxygen atoms in total. The number of urea groups is 1. The number of hydroxylamine groups is 2. The third kappa shape index (κ3) is 5.62. The van der Waals surface area contributed by atoms with Crippen LogP contribution in [-0.2, 0) is 14.3 Å². The molecule has 4 atom stereocenters. The van der Waals surface area contributed by atoms with E-state index in [9.17, 15) is 24.7 Å². The Kier molecular flexibility index (Phi) is 7.71. The lowest BCUT2D eigenvalue weighted by molar-refractivity contribution is -0.166. The maximum atomic E-state index is 12.2. The molecular weight excluding hydrogens is 376 g/mol. The maximum absolute atomic E-state index is 12.2. The second-order valence-electron chi connectivity index (χ2n) is 6.67. The molecule has 3 amide bonds. The Morgan fingerprint density at radius 3 is 2.71 bits per heavy atom. The van der Waals surface area contributed by atoms with E-state index >= 15 is 0 Å². The van der Waals surface area contributed by atoms with Crippen molar-refractivity contribution >= 4 is 17.9 Å². The Morgan fingerprint density at radius 2 is 2.11 bits per heavy atom. The molecule has 1 fully saturated rings. The quantitative estimate of drug-likeness (QED) is 0.197. The predicted molar refractivity (Wildman–Crippen MR) is 92.4 cm³/mol. The first kappa shape index (κ1) is 22.0. The molecule has 2 rings (SSSR count). The molecule has 28 heavy (non-hydrogen) atoms. The van der Waals surface area contributed by atoms with E-state index in [1.165, 1.54) is 11.1 Å². The zero-order chi connectivity index (χ0) is 20.8. The molecular formula is C16H26N4O8. The number of carbonyl (C=O) groups is 3. The molecule has 0 bridgehead atoms. The number of carbonyl (C=O) groups excluding carboxylic acids is 2. The summed E-state index contributed by atoms with van der Waals surface area (Å²) in [4.78, 5) is 35.5. The van der Waals surface area contributed by atoms with E-state index in [0.29, 0.717) is 23.5 Å². The first-order chi connectivity index (χ1) is 13.2. The fourth-order valence-corrected chi connectivity index (χ4v) is 3.00. The van der Waals surface area contributed by atoms with Crippen LogP contribution in [0, 0.1) is 0 Å². The smallest absolute Gasteiger partial charge is 0.325 e. The molecule has 0 saturated carbocycles. The lowest BCUT2D eigenvalue weighted by Gasteiger charge is -2.33. The lowest BCUT2D eigenvalue weighted by atomic mass is 10.1. The molecule has 2 heterocycles. The fourth-order valence-electron chi connectivity index (χ4n) is 3.00. The summed E-state index contributed by atoms with van der Waals surface area (Å²) in [6.07, 6.45) is -1.51. The van der Waals surface area contributed by atoms with Gasteiger partial charge in [0.25, 0.3) is 0 Å². The Balaban J connectivity index is 1.90. The largest absolute Gasteiger partial charge is 0.481 e. The molecule has 0 aliphatic carbocycles. The molecule has 158 valence electrons. The van der Waals surface area contributed by atoms with Crippen molar-refractivity contribution in [1.82, 2.24) is 15.3 Å². The van der Waals surface area contributed by atoms with Crippen molar-refractivity contribution in [1.29, 1.82) is 0 Å². The number of rotatable bonds is 9. The highest BCUT2D eigenvalue weighted by Crippen LogP contribution is 2.26. The van der Waals surface area contributed by atoms with Gasteiger partial charge in [-0.15, -0.1) is 0 Å². The third-order valence-corrected chi connectivity index (χ3v) is 4.59. The number of carboxylic acids is 1. The van der Waals surface area contributed by atoms with Crippen molar-refractivity contribution in [2.75, 3.05) is 13.2 Å². The van der Waals surface area contributed by atoms with Crippen LogP contribution < -0.4 is 11.1 Å². The molecule has 0 aromatic heterocycles. The van der Waals surface area contributed by atoms with Gasteiger partial charge >= 0.3 is 12.0 Å². The highest BCUT2D eigenvalue weighted by molar-refractivity contribution is 5.80. The number of aliphatic hydroxyl groups excluding tert-OH is 2. The van der Waals surface area contributed by atoms with Gasteiger partial charge < -0.3 is 31.1 Å². The molecule has 12 heteroatoms. The zero-order valence-electron chi connectivity index (χ0n) is 15.2. The number of nitrogens with zero attached hydrogens (tertiary/aromatic N) is 2. The number of aliphatic carboxylic acids is 1. The highest BCUT2D eigenvalue weighted by Gasteiger charge is 2.40. The lowest BCUT2D eigenvalue weighted by Crippen LogP contribution is -2.54. The number of hydrogen-bond acceptors (Lipinski definition) is 8. The minimum Gasteiger partial charge on any atom is -0.481 e. The van der Waals surface area contributed by atoms with Crippen LogP contribution in [-0.4, -0.2) is 86.2 Å². The summed E-state index contributed by atoms with van der Waals surface area (Å²) in [5.74, 6) is -1.82. The van der Waals surface area contributed by atoms with Gasteiger partial charge in [0.05, 0.1) is 19.1 Å². The van der Waals surface area contributed by atoms with Crippen molar-refractivity contribution in [2.24, 2.45) is 5.73 Å². The van der Waals surface area contributed by atoms with E-state index in [-0.39, 0.29) is 32.4 Å². The molecule has 7 N–H and O–H groups in total. The van der Waals surface area contributed by atoms with Crippen LogP contribution in [0.2, 0.25) is 0 Å². The van der Waals surface area contributed by atoms with Gasteiger partial charge in [0.2, 0.25) is 5.91 Å². The van der Waals surface area contributed by atoms with Gasteiger partial charge in [-0.25, -0.2) is 9.86 Å². The average Bonchev–Trinajstić information content (AvgIpc) is 3.01. The van der Waals surface area contributed by atoms with Crippen LogP contribution in [0.1, 0.15) is 32.1 Å². The van der Waals surface area contributed by atoms with Gasteiger partial charge in [-0.3, -0.25) is 19.7 Å². The molecule has 0 aromatic carbocycles. The maximum Gasteiger partial charge on any atom is 0.325 e. The monoisotopic (exact) mass is 402 g/mol. The molecule has 0 radical (unpaired) electrons. The van der Waals surface area contributed by atoms with Crippen molar-refractivity contribution < 1.29 is 39.6 Å². The highest BCUT2D eigenvalue weighted by atomic mass is 16.5. The molecule has 3 unspecified atom stereocenters. The van der Waals surface area contributed by atoms with E-state index in [2.05, 4.69) is 5.32 Å². The number of amides is 3. The van der Waals surface area contributed by atoms with E-state index in [0.717, 1.165) is 0 Å². The Bertz CT molecular complexity index is 628. The second kappa shape index (κ2) is 9.80. The Morgan fingerprint density at radius 1 is 1.39 bits per heavy atom. The summed E-state index contributed by atoms with van der Waals surface area (Å²) in [5.41, 5.74) is 6.53. The number of nitrogens with two attached hydrogens (primary N) is 1. The van der Waals surface area contributed by atoms with Gasteiger partial charge in [0, 0.05) is 25.6 Å². The van der Waals surface area contributed by atoms with Crippen molar-refractivity contribution in [3.63, 3.8) is 0 Å². The predicted octanol–water partition coefficient (Wildman–Crippen LogP) is -1.49. The van der Waals surface area contributed by atoms with E-state index in [1.807, 2.05) is 0 Å². The normalized spacial score (nSPS) is 27.4. The number of nitrogens with one attached hydrogen (secondary N) is 1. The van der Waals surface area contributed by atoms with Crippen LogP contribution in [0.3, 0.4) is 0 Å². The van der Waals surface area contributed by atoms with E-state index in [4.69, 9.17) is 20.7 Å². The van der Waals surface area contributed by atoms with E-state index < -0.39 is 42.5 Å². The third-order valence-electron chi connectivity index (χ3n) is 4.59. The molecule has 0 spiro atoms. The van der Waals surface area contributed by atoms with Gasteiger partial charge in [-0.1, -0.05) is 0 Å². The van der Waals surface area contributed by atoms with Crippen LogP contribution in [0.5, 0.6) is 0 Å². The summed E-state index contributed by atoms with van der Waals surface area (Å²) >= 11 is 0. The minimum atomic E-state index is -1.13. The van der Waals surface area contributed by atoms with Gasteiger partial charge in [0.15, 0.2) is 0 Å². The molecule has 2 aliphatic heterocycles. The SMILES string of the molecule is NC1NC(=O)N(C2C[C@H](O)C(CO)O2)C=C1CCCN(O)C(=O)CCC(=O)O. The van der Waals surface area contributed by atoms with E-state index in [1.54, 1.807) is 0 Å². The Hall–Kier alpha value is -2.25. The van der Waals surface area contributed by atoms with Gasteiger partial charge in [-0.2, -0.15) is 0 Å². The second-order valence-corrected chi connectivity index (χ2v) is 6.67. The van der Waals surface area contributed by atoms with Crippen molar-refractivity contribution in [3.8, 4) is 0 Å². The summed E-state index contributed by atoms with van der Waals surface area (Å²) < 4.78 is 5.48. The zero-order valence-corrected chi connectivity index (χ0v) is 15.2. The number of ether oxygens (including phenoxy) is 1. The van der Waals surface area contributed by atoms with Crippen LogP contribution in [0.25, 0.3) is 0 Å². The summed E-state index contributed by atoms with van der Waals surface area (Å²) in [6, 6.07) is -0.500. The minimum absolute atomic E-state index is 0.0261. The van der Waals surface area contributed by atoms with Gasteiger partial charge in [-0.05, 0) is 18.4 Å². The van der Waals surface area contributed by atoms with Crippen LogP contribution >= 0.6 is 0 Å². The molecule has 1 saturated heterocycles. The fraction of sp³-hybridized carbons (Fsp3) is 0.688. The number of aliphatic hydroxyl groups is 2. The summed E-state index contributed by atoms with van der Waals surface area (Å²) in [7, 11) is 0. The number of hydrogen-bond donors (Lipinski definition) is 6. The molecule has 0 aromatic rings. The standard InChI is InChI=1S/C16H26N4O8/c17-15-9(2-1-5-20(27)12(23)3-4-14(24)25)7-19(16(26)18-15)13-6-10(22)11(8-21)28-13/h7,10-11,13,15,21-22,27H,1-6,8,17H2,(H,18,26)(H,24,25)/t10-,11?,13?,15?/m0/s1. The summed E-state index contributed by atoms with van der Waals surface area (Å²) in [6.45, 7) is -0.396. The first-order valence-corrected chi connectivity index (χ1v) is 8.93. The number of carboxylic acid groups (broad SMARTS) is 1. The van der Waals surface area contributed by atoms with Crippen molar-refractivity contribution in [2.45, 2.75) is 56.7 Å². The first-order valence-electron chi connectivity index (χ1n) is 8.93.